The third kappa shape index (κ3) is 5.96. The van der Waals surface area contributed by atoms with Gasteiger partial charge >= 0.3 is 0 Å². The Morgan fingerprint density at radius 1 is 1.05 bits per heavy atom. The normalized spacial score (nSPS) is 11.0. The molecule has 0 fully saturated rings. The van der Waals surface area contributed by atoms with Crippen LogP contribution in [0.4, 0.5) is 5.95 Å². The Kier molecular flexibility index (Phi) is 7.33. The van der Waals surface area contributed by atoms with Crippen LogP contribution in [-0.4, -0.2) is 34.4 Å². The molecule has 0 atom stereocenters. The summed E-state index contributed by atoms with van der Waals surface area (Å²) in [4.78, 5) is 4.49. The average molecular weight is 266 g/mol. The molecule has 5 nitrogen and oxygen atoms in total. The summed E-state index contributed by atoms with van der Waals surface area (Å²) in [6.45, 7) is 9.95. The number of rotatable bonds is 9. The predicted octanol–water partition coefficient (Wildman–Crippen LogP) is 2.61. The largest absolute Gasteiger partial charge is 0.379 e. The van der Waals surface area contributed by atoms with Crippen LogP contribution in [0.2, 0.25) is 0 Å². The highest BCUT2D eigenvalue weighted by atomic mass is 16.5. The lowest BCUT2D eigenvalue weighted by Crippen LogP contribution is -2.11. The molecule has 0 spiro atoms. The lowest BCUT2D eigenvalue weighted by atomic mass is 10.2. The van der Waals surface area contributed by atoms with E-state index in [9.17, 15) is 0 Å². The molecule has 1 rings (SSSR count). The number of nitrogens with zero attached hydrogens (tertiary/aromatic N) is 3. The van der Waals surface area contributed by atoms with E-state index in [0.29, 0.717) is 12.1 Å². The Balaban J connectivity index is 2.29. The zero-order valence-electron chi connectivity index (χ0n) is 12.6. The minimum atomic E-state index is 0.314. The maximum absolute atomic E-state index is 5.49. The second kappa shape index (κ2) is 8.80. The van der Waals surface area contributed by atoms with Crippen LogP contribution in [-0.2, 0) is 17.6 Å². The molecule has 0 unspecified atom stereocenters. The summed E-state index contributed by atoms with van der Waals surface area (Å²) < 4.78 is 5.49. The fraction of sp³-hybridized carbons (Fsp3) is 0.786. The predicted molar refractivity (Wildman–Crippen MR) is 77.4 cm³/mol. The van der Waals surface area contributed by atoms with Gasteiger partial charge in [0.15, 0.2) is 0 Å². The molecule has 0 aromatic carbocycles. The van der Waals surface area contributed by atoms with Crippen LogP contribution in [0, 0.1) is 0 Å². The molecule has 108 valence electrons. The topological polar surface area (TPSA) is 59.9 Å². The minimum Gasteiger partial charge on any atom is -0.379 e. The number of aryl methyl sites for hydroxylation is 2. The highest BCUT2D eigenvalue weighted by Gasteiger charge is 2.05. The van der Waals surface area contributed by atoms with Gasteiger partial charge in [0.25, 0.3) is 0 Å². The van der Waals surface area contributed by atoms with Gasteiger partial charge in [-0.1, -0.05) is 13.8 Å². The van der Waals surface area contributed by atoms with Crippen molar-refractivity contribution in [3.8, 4) is 0 Å². The number of nitrogens with one attached hydrogen (secondary N) is 1. The van der Waals surface area contributed by atoms with Crippen LogP contribution in [0.3, 0.4) is 0 Å². The van der Waals surface area contributed by atoms with Gasteiger partial charge in [0.05, 0.1) is 17.5 Å². The number of aromatic nitrogens is 3. The van der Waals surface area contributed by atoms with E-state index >= 15 is 0 Å². The number of ether oxygens (including phenoxy) is 1. The number of unbranched alkanes of at least 4 members (excludes halogenated alkanes) is 1. The summed E-state index contributed by atoms with van der Waals surface area (Å²) in [6, 6.07) is 0. The number of hydrogen-bond acceptors (Lipinski definition) is 5. The van der Waals surface area contributed by atoms with E-state index < -0.39 is 0 Å². The molecule has 0 aliphatic carbocycles. The maximum atomic E-state index is 5.49. The van der Waals surface area contributed by atoms with Gasteiger partial charge in [-0.25, -0.2) is 4.98 Å². The summed E-state index contributed by atoms with van der Waals surface area (Å²) in [5, 5.41) is 11.5. The molecule has 0 amide bonds. The Morgan fingerprint density at radius 2 is 1.79 bits per heavy atom. The fourth-order valence-corrected chi connectivity index (χ4v) is 1.76. The molecule has 0 aliphatic rings. The minimum absolute atomic E-state index is 0.314. The standard InChI is InChI=1S/C14H26N4O/c1-5-12-13(6-2)17-18-14(16-12)15-9-7-8-10-19-11(3)4/h11H,5-10H2,1-4H3,(H,15,16,18). The van der Waals surface area contributed by atoms with Gasteiger partial charge < -0.3 is 10.1 Å². The smallest absolute Gasteiger partial charge is 0.242 e. The molecule has 19 heavy (non-hydrogen) atoms. The summed E-state index contributed by atoms with van der Waals surface area (Å²) in [5.74, 6) is 0.638. The second-order valence-electron chi connectivity index (χ2n) is 4.79. The highest BCUT2D eigenvalue weighted by Crippen LogP contribution is 2.06. The molecular weight excluding hydrogens is 240 g/mol. The summed E-state index contributed by atoms with van der Waals surface area (Å²) in [6.07, 6.45) is 4.19. The van der Waals surface area contributed by atoms with E-state index in [2.05, 4.69) is 48.2 Å². The first-order valence-corrected chi connectivity index (χ1v) is 7.25. The van der Waals surface area contributed by atoms with Crippen molar-refractivity contribution in [1.29, 1.82) is 0 Å². The lowest BCUT2D eigenvalue weighted by molar-refractivity contribution is 0.0765. The molecule has 5 heteroatoms. The monoisotopic (exact) mass is 266 g/mol. The zero-order chi connectivity index (χ0) is 14.1. The van der Waals surface area contributed by atoms with Crippen LogP contribution >= 0.6 is 0 Å². The molecule has 0 saturated heterocycles. The SMILES string of the molecule is CCc1nnc(NCCCCOC(C)C)nc1CC. The van der Waals surface area contributed by atoms with E-state index in [-0.39, 0.29) is 0 Å². The first-order valence-electron chi connectivity index (χ1n) is 7.25. The fourth-order valence-electron chi connectivity index (χ4n) is 1.76. The molecule has 0 saturated carbocycles. The van der Waals surface area contributed by atoms with Crippen molar-refractivity contribution in [3.05, 3.63) is 11.4 Å². The zero-order valence-corrected chi connectivity index (χ0v) is 12.6. The lowest BCUT2D eigenvalue weighted by Gasteiger charge is -2.09. The quantitative estimate of drug-likeness (QED) is 0.696. The molecule has 0 radical (unpaired) electrons. The van der Waals surface area contributed by atoms with Crippen molar-refractivity contribution >= 4 is 5.95 Å². The van der Waals surface area contributed by atoms with Crippen LogP contribution in [0.15, 0.2) is 0 Å². The van der Waals surface area contributed by atoms with Crippen molar-refractivity contribution in [2.24, 2.45) is 0 Å². The highest BCUT2D eigenvalue weighted by molar-refractivity contribution is 5.25. The molecule has 1 aromatic rings. The van der Waals surface area contributed by atoms with Gasteiger partial charge in [-0.15, -0.1) is 5.10 Å². The number of hydrogen-bond donors (Lipinski definition) is 1. The van der Waals surface area contributed by atoms with Crippen molar-refractivity contribution < 1.29 is 4.74 Å². The van der Waals surface area contributed by atoms with Crippen LogP contribution in [0.1, 0.15) is 51.9 Å². The van der Waals surface area contributed by atoms with E-state index in [0.717, 1.165) is 50.2 Å². The van der Waals surface area contributed by atoms with Crippen LogP contribution in [0.25, 0.3) is 0 Å². The Bertz CT molecular complexity index is 368. The van der Waals surface area contributed by atoms with Crippen molar-refractivity contribution in [2.45, 2.75) is 59.5 Å². The summed E-state index contributed by atoms with van der Waals surface area (Å²) >= 11 is 0. The Labute approximate surface area is 116 Å². The molecule has 0 bridgehead atoms. The Hall–Kier alpha value is -1.23. The molecule has 0 aliphatic heterocycles. The third-order valence-electron chi connectivity index (χ3n) is 2.81. The first-order chi connectivity index (χ1) is 9.17. The first kappa shape index (κ1) is 15.8. The summed E-state index contributed by atoms with van der Waals surface area (Å²) in [5.41, 5.74) is 2.04. The maximum Gasteiger partial charge on any atom is 0.242 e. The van der Waals surface area contributed by atoms with Crippen LogP contribution < -0.4 is 5.32 Å². The van der Waals surface area contributed by atoms with Gasteiger partial charge in [-0.2, -0.15) is 5.10 Å². The molecular formula is C14H26N4O. The molecule has 1 heterocycles. The van der Waals surface area contributed by atoms with Crippen molar-refractivity contribution in [3.63, 3.8) is 0 Å². The van der Waals surface area contributed by atoms with Gasteiger partial charge in [0.1, 0.15) is 0 Å². The van der Waals surface area contributed by atoms with E-state index in [4.69, 9.17) is 4.74 Å². The van der Waals surface area contributed by atoms with E-state index in [1.54, 1.807) is 0 Å². The van der Waals surface area contributed by atoms with Gasteiger partial charge in [-0.3, -0.25) is 0 Å². The van der Waals surface area contributed by atoms with Crippen molar-refractivity contribution in [1.82, 2.24) is 15.2 Å². The molecule has 1 aromatic heterocycles. The van der Waals surface area contributed by atoms with Gasteiger partial charge in [-0.05, 0) is 39.5 Å². The molecule has 1 N–H and O–H groups in total. The second-order valence-corrected chi connectivity index (χ2v) is 4.79. The number of anilines is 1. The Morgan fingerprint density at radius 3 is 2.42 bits per heavy atom. The van der Waals surface area contributed by atoms with E-state index in [1.807, 2.05) is 0 Å². The van der Waals surface area contributed by atoms with Crippen LogP contribution in [0.5, 0.6) is 0 Å². The summed E-state index contributed by atoms with van der Waals surface area (Å²) in [7, 11) is 0. The average Bonchev–Trinajstić information content (AvgIpc) is 2.42. The van der Waals surface area contributed by atoms with E-state index in [1.165, 1.54) is 0 Å². The van der Waals surface area contributed by atoms with Crippen molar-refractivity contribution in [2.75, 3.05) is 18.5 Å². The van der Waals surface area contributed by atoms with Gasteiger partial charge in [0, 0.05) is 13.2 Å². The third-order valence-corrected chi connectivity index (χ3v) is 2.81. The van der Waals surface area contributed by atoms with Gasteiger partial charge in [0.2, 0.25) is 5.95 Å².